The van der Waals surface area contributed by atoms with E-state index in [0.717, 1.165) is 10.9 Å². The Labute approximate surface area is 143 Å². The molecular weight excluding hydrogens is 320 g/mol. The summed E-state index contributed by atoms with van der Waals surface area (Å²) >= 11 is 0. The van der Waals surface area contributed by atoms with Gasteiger partial charge in [0.05, 0.1) is 6.04 Å². The molecule has 0 fully saturated rings. The van der Waals surface area contributed by atoms with E-state index in [1.165, 1.54) is 0 Å². The maximum absolute atomic E-state index is 12.5. The van der Waals surface area contributed by atoms with Gasteiger partial charge in [-0.05, 0) is 42.1 Å². The van der Waals surface area contributed by atoms with Gasteiger partial charge in [-0.2, -0.15) is 0 Å². The number of rotatable bonds is 3. The van der Waals surface area contributed by atoms with Gasteiger partial charge in [0.15, 0.2) is 11.5 Å². The van der Waals surface area contributed by atoms with Crippen molar-refractivity contribution < 1.29 is 14.3 Å². The quantitative estimate of drug-likeness (QED) is 0.771. The molecule has 0 bridgehead atoms. The minimum absolute atomic E-state index is 0.206. The molecule has 3 aromatic rings. The van der Waals surface area contributed by atoms with Crippen molar-refractivity contribution >= 4 is 16.7 Å². The average molecular weight is 336 g/mol. The number of ether oxygens (including phenoxy) is 2. The first kappa shape index (κ1) is 15.3. The van der Waals surface area contributed by atoms with Gasteiger partial charge in [-0.1, -0.05) is 24.3 Å². The molecule has 0 saturated heterocycles. The van der Waals surface area contributed by atoms with E-state index in [1.807, 2.05) is 37.3 Å². The number of aromatic nitrogens is 1. The predicted octanol–water partition coefficient (Wildman–Crippen LogP) is 2.75. The predicted molar refractivity (Wildman–Crippen MR) is 93.0 cm³/mol. The lowest BCUT2D eigenvalue weighted by Crippen LogP contribution is -2.29. The van der Waals surface area contributed by atoms with E-state index in [-0.39, 0.29) is 30.0 Å². The molecule has 0 aliphatic carbocycles. The third kappa shape index (κ3) is 2.82. The van der Waals surface area contributed by atoms with Crippen LogP contribution in [0, 0.1) is 0 Å². The molecule has 6 nitrogen and oxygen atoms in total. The van der Waals surface area contributed by atoms with Crippen LogP contribution in [-0.2, 0) is 0 Å². The van der Waals surface area contributed by atoms with E-state index in [1.54, 1.807) is 18.2 Å². The van der Waals surface area contributed by atoms with Crippen LogP contribution in [0.5, 0.6) is 11.5 Å². The van der Waals surface area contributed by atoms with E-state index in [9.17, 15) is 9.59 Å². The lowest BCUT2D eigenvalue weighted by molar-refractivity contribution is 0.0934. The van der Waals surface area contributed by atoms with Crippen molar-refractivity contribution in [3.05, 3.63) is 70.1 Å². The van der Waals surface area contributed by atoms with Gasteiger partial charge < -0.3 is 19.8 Å². The standard InChI is InChI=1S/C19H16N2O4/c1-11(12-6-7-16-17(9-12)25-10-24-16)20-19(23)15-8-13-4-2-3-5-14(13)18(22)21-15/h2-9,11H,10H2,1H3,(H,20,23)(H,21,22)/t11-/m1/s1. The Morgan fingerprint density at radius 1 is 1.12 bits per heavy atom. The Morgan fingerprint density at radius 3 is 2.80 bits per heavy atom. The summed E-state index contributed by atoms with van der Waals surface area (Å²) in [4.78, 5) is 27.3. The fourth-order valence-electron chi connectivity index (χ4n) is 2.87. The molecule has 2 heterocycles. The van der Waals surface area contributed by atoms with E-state index in [2.05, 4.69) is 10.3 Å². The Kier molecular flexibility index (Phi) is 3.65. The van der Waals surface area contributed by atoms with E-state index in [4.69, 9.17) is 9.47 Å². The molecule has 1 atom stereocenters. The molecule has 1 aliphatic heterocycles. The highest BCUT2D eigenvalue weighted by molar-refractivity contribution is 5.96. The normalized spacial score (nSPS) is 13.6. The monoisotopic (exact) mass is 336 g/mol. The summed E-state index contributed by atoms with van der Waals surface area (Å²) < 4.78 is 10.6. The smallest absolute Gasteiger partial charge is 0.268 e. The molecule has 25 heavy (non-hydrogen) atoms. The van der Waals surface area contributed by atoms with Crippen LogP contribution in [0.1, 0.15) is 29.0 Å². The first-order chi connectivity index (χ1) is 12.1. The minimum Gasteiger partial charge on any atom is -0.454 e. The maximum atomic E-state index is 12.5. The van der Waals surface area contributed by atoms with Crippen molar-refractivity contribution in [1.82, 2.24) is 10.3 Å². The van der Waals surface area contributed by atoms with Crippen molar-refractivity contribution in [3.63, 3.8) is 0 Å². The fourth-order valence-corrected chi connectivity index (χ4v) is 2.87. The molecule has 1 amide bonds. The molecule has 2 N–H and O–H groups in total. The van der Waals surface area contributed by atoms with Crippen LogP contribution in [0.25, 0.3) is 10.8 Å². The molecule has 0 radical (unpaired) electrons. The summed E-state index contributed by atoms with van der Waals surface area (Å²) in [5.41, 5.74) is 0.844. The zero-order valence-electron chi connectivity index (χ0n) is 13.5. The topological polar surface area (TPSA) is 80.4 Å². The third-order valence-corrected chi connectivity index (χ3v) is 4.24. The average Bonchev–Trinajstić information content (AvgIpc) is 3.09. The van der Waals surface area contributed by atoms with Crippen LogP contribution in [-0.4, -0.2) is 17.7 Å². The SMILES string of the molecule is C[C@@H](NC(=O)c1cc2ccccc2c(=O)[nH]1)c1ccc2c(c1)OCO2. The molecule has 0 spiro atoms. The first-order valence-electron chi connectivity index (χ1n) is 7.94. The maximum Gasteiger partial charge on any atom is 0.268 e. The van der Waals surface area contributed by atoms with Crippen LogP contribution < -0.4 is 20.3 Å². The van der Waals surface area contributed by atoms with E-state index in [0.29, 0.717) is 16.9 Å². The molecular formula is C19H16N2O4. The van der Waals surface area contributed by atoms with Gasteiger partial charge in [0.2, 0.25) is 6.79 Å². The zero-order valence-corrected chi connectivity index (χ0v) is 13.5. The van der Waals surface area contributed by atoms with Crippen molar-refractivity contribution in [1.29, 1.82) is 0 Å². The second-order valence-electron chi connectivity index (χ2n) is 5.91. The van der Waals surface area contributed by atoms with Gasteiger partial charge in [-0.15, -0.1) is 0 Å². The number of H-pyrrole nitrogens is 1. The fraction of sp³-hybridized carbons (Fsp3) is 0.158. The van der Waals surface area contributed by atoms with Crippen LogP contribution in [0.2, 0.25) is 0 Å². The highest BCUT2D eigenvalue weighted by Gasteiger charge is 2.18. The van der Waals surface area contributed by atoms with Crippen molar-refractivity contribution in [2.75, 3.05) is 6.79 Å². The number of hydrogen-bond donors (Lipinski definition) is 2. The van der Waals surface area contributed by atoms with Gasteiger partial charge >= 0.3 is 0 Å². The number of benzene rings is 2. The Hall–Kier alpha value is -3.28. The largest absolute Gasteiger partial charge is 0.454 e. The lowest BCUT2D eigenvalue weighted by Gasteiger charge is -2.15. The second-order valence-corrected chi connectivity index (χ2v) is 5.91. The summed E-state index contributed by atoms with van der Waals surface area (Å²) in [5.74, 6) is 1.02. The number of carbonyl (C=O) groups excluding carboxylic acids is 1. The number of nitrogens with one attached hydrogen (secondary N) is 2. The molecule has 0 saturated carbocycles. The number of fused-ring (bicyclic) bond motifs is 2. The first-order valence-corrected chi connectivity index (χ1v) is 7.94. The Morgan fingerprint density at radius 2 is 1.92 bits per heavy atom. The third-order valence-electron chi connectivity index (χ3n) is 4.24. The van der Waals surface area contributed by atoms with Crippen molar-refractivity contribution in [3.8, 4) is 11.5 Å². The summed E-state index contributed by atoms with van der Waals surface area (Å²) in [5, 5.41) is 4.18. The highest BCUT2D eigenvalue weighted by atomic mass is 16.7. The van der Waals surface area contributed by atoms with Gasteiger partial charge in [-0.3, -0.25) is 9.59 Å². The number of hydrogen-bond acceptors (Lipinski definition) is 4. The van der Waals surface area contributed by atoms with Gasteiger partial charge in [-0.25, -0.2) is 0 Å². The minimum atomic E-state index is -0.340. The molecule has 1 aliphatic rings. The van der Waals surface area contributed by atoms with Gasteiger partial charge in [0.25, 0.3) is 11.5 Å². The van der Waals surface area contributed by atoms with Crippen LogP contribution in [0.3, 0.4) is 0 Å². The molecule has 6 heteroatoms. The number of pyridine rings is 1. The van der Waals surface area contributed by atoms with E-state index >= 15 is 0 Å². The summed E-state index contributed by atoms with van der Waals surface area (Å²) in [6.45, 7) is 2.08. The molecule has 4 rings (SSSR count). The molecule has 0 unspecified atom stereocenters. The molecule has 2 aromatic carbocycles. The Balaban J connectivity index is 1.58. The van der Waals surface area contributed by atoms with Crippen LogP contribution >= 0.6 is 0 Å². The van der Waals surface area contributed by atoms with Crippen molar-refractivity contribution in [2.24, 2.45) is 0 Å². The lowest BCUT2D eigenvalue weighted by atomic mass is 10.1. The number of amides is 1. The number of aromatic amines is 1. The van der Waals surface area contributed by atoms with Crippen molar-refractivity contribution in [2.45, 2.75) is 13.0 Å². The second kappa shape index (κ2) is 5.98. The molecule has 126 valence electrons. The van der Waals surface area contributed by atoms with Gasteiger partial charge in [0.1, 0.15) is 5.69 Å². The summed E-state index contributed by atoms with van der Waals surface area (Å²) in [6, 6.07) is 14.1. The Bertz CT molecular complexity index is 1030. The van der Waals surface area contributed by atoms with Gasteiger partial charge in [0, 0.05) is 5.39 Å². The summed E-state index contributed by atoms with van der Waals surface area (Å²) in [7, 11) is 0. The highest BCUT2D eigenvalue weighted by Crippen LogP contribution is 2.34. The number of carbonyl (C=O) groups is 1. The molecule has 1 aromatic heterocycles. The van der Waals surface area contributed by atoms with Crippen LogP contribution in [0.4, 0.5) is 0 Å². The van der Waals surface area contributed by atoms with Crippen LogP contribution in [0.15, 0.2) is 53.3 Å². The van der Waals surface area contributed by atoms with E-state index < -0.39 is 0 Å². The zero-order chi connectivity index (χ0) is 17.4. The summed E-state index contributed by atoms with van der Waals surface area (Å²) in [6.07, 6.45) is 0.